The minimum atomic E-state index is -0.160. The number of nitrogens with zero attached hydrogens (tertiary/aromatic N) is 2. The summed E-state index contributed by atoms with van der Waals surface area (Å²) in [6.07, 6.45) is 7.22. The minimum absolute atomic E-state index is 0.0222. The summed E-state index contributed by atoms with van der Waals surface area (Å²) in [4.78, 5) is 34.9. The smallest absolute Gasteiger partial charge is 0.258 e. The van der Waals surface area contributed by atoms with Crippen molar-refractivity contribution in [2.75, 3.05) is 34.4 Å². The van der Waals surface area contributed by atoms with E-state index in [2.05, 4.69) is 140 Å². The van der Waals surface area contributed by atoms with Crippen LogP contribution in [0.4, 0.5) is 11.4 Å². The average Bonchev–Trinajstić information content (AvgIpc) is 3.18. The number of anilines is 2. The Morgan fingerprint density at radius 2 is 0.946 bits per heavy atom. The van der Waals surface area contributed by atoms with Gasteiger partial charge in [0.25, 0.3) is 11.8 Å². The zero-order chi connectivity index (χ0) is 39.5. The van der Waals surface area contributed by atoms with Crippen LogP contribution >= 0.6 is 25.3 Å². The number of amides is 2. The largest absolute Gasteiger partial charge is 0.308 e. The molecule has 0 saturated heterocycles. The van der Waals surface area contributed by atoms with Gasteiger partial charge in [0.2, 0.25) is 0 Å². The Labute approximate surface area is 343 Å². The molecule has 6 heteroatoms. The van der Waals surface area contributed by atoms with Gasteiger partial charge in [-0.25, -0.2) is 0 Å². The molecule has 0 radical (unpaired) electrons. The van der Waals surface area contributed by atoms with Crippen LogP contribution in [0.1, 0.15) is 110 Å². The van der Waals surface area contributed by atoms with E-state index in [9.17, 15) is 0 Å². The maximum atomic E-state index is 15.4. The summed E-state index contributed by atoms with van der Waals surface area (Å²) in [5.41, 5.74) is 12.5. The van der Waals surface area contributed by atoms with Gasteiger partial charge in [-0.05, 0) is 168 Å². The fourth-order valence-corrected chi connectivity index (χ4v) is 10.7. The summed E-state index contributed by atoms with van der Waals surface area (Å²) < 4.78 is 0. The normalized spacial score (nSPS) is 15.7. The van der Waals surface area contributed by atoms with Crippen LogP contribution in [0.5, 0.6) is 0 Å². The second-order valence-electron chi connectivity index (χ2n) is 16.6. The van der Waals surface area contributed by atoms with E-state index in [1.807, 2.05) is 9.80 Å². The minimum Gasteiger partial charge on any atom is -0.308 e. The fraction of sp³-hybridized carbons (Fsp3) is 0.360. The first-order valence-corrected chi connectivity index (χ1v) is 21.7. The topological polar surface area (TPSA) is 40.6 Å². The Morgan fingerprint density at radius 1 is 0.536 bits per heavy atom. The number of aryl methyl sites for hydroxylation is 6. The molecule has 56 heavy (non-hydrogen) atoms. The van der Waals surface area contributed by atoms with E-state index in [0.29, 0.717) is 35.7 Å². The number of hydrogen-bond donors (Lipinski definition) is 2. The lowest BCUT2D eigenvalue weighted by Crippen LogP contribution is -2.36. The molecule has 0 atom stereocenters. The highest BCUT2D eigenvalue weighted by Crippen LogP contribution is 2.49. The molecule has 1 saturated carbocycles. The van der Waals surface area contributed by atoms with Gasteiger partial charge >= 0.3 is 0 Å². The number of hydrogen-bond acceptors (Lipinski definition) is 4. The molecule has 0 aromatic heterocycles. The van der Waals surface area contributed by atoms with Crippen molar-refractivity contribution in [1.29, 1.82) is 0 Å². The number of carbonyl (C=O) groups is 2. The maximum absolute atomic E-state index is 15.4. The van der Waals surface area contributed by atoms with Gasteiger partial charge in [0, 0.05) is 41.0 Å². The predicted molar refractivity (Wildman–Crippen MR) is 244 cm³/mol. The SMILES string of the molecule is Cc1cc2cc(C)c1N(CCCS)C(=O)c1cc3cc(c4cccc(C)c4c3c3c(C)cccc13)C(=O)N(CCCS)c1c(C)cc(cc1C)C21CCCCC1. The summed E-state index contributed by atoms with van der Waals surface area (Å²) in [6.45, 7) is 14.1. The van der Waals surface area contributed by atoms with Gasteiger partial charge < -0.3 is 9.80 Å². The molecule has 6 aromatic carbocycles. The predicted octanol–water partition coefficient (Wildman–Crippen LogP) is 12.5. The molecule has 2 amide bonds. The molecular formula is C50H54N2O2S2. The van der Waals surface area contributed by atoms with Crippen LogP contribution in [0, 0.1) is 41.5 Å². The van der Waals surface area contributed by atoms with Crippen LogP contribution in [0.25, 0.3) is 32.3 Å². The second-order valence-corrected chi connectivity index (χ2v) is 17.5. The quantitative estimate of drug-likeness (QED) is 0.131. The maximum Gasteiger partial charge on any atom is 0.258 e. The Kier molecular flexibility index (Phi) is 10.5. The molecule has 1 aliphatic carbocycles. The van der Waals surface area contributed by atoms with Gasteiger partial charge in [0.15, 0.2) is 0 Å². The number of fused-ring (bicyclic) bond motifs is 6. The van der Waals surface area contributed by atoms with Gasteiger partial charge in [0.1, 0.15) is 0 Å². The van der Waals surface area contributed by atoms with Crippen molar-refractivity contribution in [1.82, 2.24) is 0 Å². The summed E-state index contributed by atoms with van der Waals surface area (Å²) in [5, 5.41) is 5.98. The van der Waals surface area contributed by atoms with E-state index >= 15 is 9.59 Å². The van der Waals surface area contributed by atoms with E-state index < -0.39 is 0 Å². The molecule has 0 unspecified atom stereocenters. The van der Waals surface area contributed by atoms with E-state index in [-0.39, 0.29) is 17.2 Å². The van der Waals surface area contributed by atoms with E-state index in [4.69, 9.17) is 0 Å². The van der Waals surface area contributed by atoms with Crippen LogP contribution in [0.3, 0.4) is 0 Å². The lowest BCUT2D eigenvalue weighted by atomic mass is 9.64. The fourth-order valence-electron chi connectivity index (χ4n) is 10.5. The molecule has 10 rings (SSSR count). The Morgan fingerprint density at radius 3 is 1.34 bits per heavy atom. The Hall–Kier alpha value is -4.26. The Bertz CT molecular complexity index is 2350. The number of thiol groups is 2. The van der Waals surface area contributed by atoms with Crippen molar-refractivity contribution in [2.24, 2.45) is 0 Å². The summed E-state index contributed by atoms with van der Waals surface area (Å²) >= 11 is 9.24. The molecule has 3 aliphatic heterocycles. The summed E-state index contributed by atoms with van der Waals surface area (Å²) in [7, 11) is 0. The first-order chi connectivity index (χ1) is 27.0. The van der Waals surface area contributed by atoms with Gasteiger partial charge in [0.05, 0.1) is 0 Å². The lowest BCUT2D eigenvalue weighted by molar-refractivity contribution is 0.0981. The highest BCUT2D eigenvalue weighted by atomic mass is 32.1. The van der Waals surface area contributed by atoms with Gasteiger partial charge in [-0.2, -0.15) is 25.3 Å². The number of carbonyl (C=O) groups excluding carboxylic acids is 2. The second kappa shape index (κ2) is 15.2. The molecule has 1 spiro atoms. The van der Waals surface area contributed by atoms with Crippen LogP contribution < -0.4 is 9.80 Å². The lowest BCUT2D eigenvalue weighted by Gasteiger charge is -2.41. The van der Waals surface area contributed by atoms with Crippen molar-refractivity contribution in [2.45, 2.75) is 91.9 Å². The van der Waals surface area contributed by atoms with Crippen molar-refractivity contribution in [3.05, 3.63) is 128 Å². The average molecular weight is 779 g/mol. The molecule has 0 N–H and O–H groups in total. The van der Waals surface area contributed by atoms with Crippen LogP contribution in [-0.2, 0) is 5.41 Å². The van der Waals surface area contributed by atoms with E-state index in [1.54, 1.807) is 0 Å². The van der Waals surface area contributed by atoms with Crippen LogP contribution in [-0.4, -0.2) is 36.4 Å². The first-order valence-electron chi connectivity index (χ1n) is 20.5. The molecule has 6 aromatic rings. The molecule has 1 fully saturated rings. The molecule has 288 valence electrons. The van der Waals surface area contributed by atoms with E-state index in [1.165, 1.54) is 17.5 Å². The molecule has 7 bridgehead atoms. The third kappa shape index (κ3) is 6.23. The van der Waals surface area contributed by atoms with Crippen molar-refractivity contribution in [3.63, 3.8) is 0 Å². The van der Waals surface area contributed by atoms with Gasteiger partial charge in [-0.15, -0.1) is 0 Å². The summed E-state index contributed by atoms with van der Waals surface area (Å²) in [6, 6.07) is 26.3. The summed E-state index contributed by atoms with van der Waals surface area (Å²) in [5.74, 6) is 1.31. The van der Waals surface area contributed by atoms with Gasteiger partial charge in [-0.3, -0.25) is 9.59 Å². The zero-order valence-corrected chi connectivity index (χ0v) is 35.6. The molecule has 4 aliphatic rings. The highest BCUT2D eigenvalue weighted by molar-refractivity contribution is 7.80. The number of benzene rings is 6. The first kappa shape index (κ1) is 38.6. The monoisotopic (exact) mass is 778 g/mol. The molecule has 4 nitrogen and oxygen atoms in total. The zero-order valence-electron chi connectivity index (χ0n) is 33.8. The standard InChI is InChI=1S/C50H54N2O2S2/c1-30-14-10-16-39-41-28-36-29-42(40-17-11-15-31(2)44(40)45(36)43(30)39)49(54)52(21-13-23-56)47-34(5)26-38(27-35(47)6)50(18-8-7-9-19-50)37-24-32(3)46(33(4)25-37)51(48(41)53)20-12-22-55/h10-11,14-17,24-29,55-56H,7-9,12-13,18-23H2,1-6H3. The van der Waals surface area contributed by atoms with Crippen molar-refractivity contribution in [3.8, 4) is 0 Å². The Balaban J connectivity index is 1.54. The van der Waals surface area contributed by atoms with Crippen LogP contribution in [0.2, 0.25) is 0 Å². The third-order valence-electron chi connectivity index (χ3n) is 12.9. The third-order valence-corrected chi connectivity index (χ3v) is 13.5. The number of rotatable bonds is 6. The van der Waals surface area contributed by atoms with Crippen molar-refractivity contribution >= 4 is 80.8 Å². The molecule has 3 heterocycles. The van der Waals surface area contributed by atoms with Crippen LogP contribution in [0.15, 0.2) is 72.8 Å². The van der Waals surface area contributed by atoms with E-state index in [0.717, 1.165) is 116 Å². The highest BCUT2D eigenvalue weighted by Gasteiger charge is 2.38. The van der Waals surface area contributed by atoms with Crippen molar-refractivity contribution < 1.29 is 9.59 Å². The molecular weight excluding hydrogens is 725 g/mol. The van der Waals surface area contributed by atoms with Gasteiger partial charge in [-0.1, -0.05) is 79.9 Å².